The summed E-state index contributed by atoms with van der Waals surface area (Å²) in [5.41, 5.74) is 1.22. The molecule has 0 saturated carbocycles. The topological polar surface area (TPSA) is 62.5 Å². The molecule has 0 aromatic carbocycles. The van der Waals surface area contributed by atoms with E-state index in [1.807, 2.05) is 13.0 Å². The molecule has 0 saturated heterocycles. The van der Waals surface area contributed by atoms with E-state index < -0.39 is 6.04 Å². The molecule has 1 amide bonds. The van der Waals surface area contributed by atoms with E-state index >= 15 is 0 Å². The number of hydrogen-bond acceptors (Lipinski definition) is 4. The molecule has 0 aliphatic rings. The van der Waals surface area contributed by atoms with Crippen molar-refractivity contribution in [1.29, 1.82) is 0 Å². The Labute approximate surface area is 122 Å². The third kappa shape index (κ3) is 3.29. The summed E-state index contributed by atoms with van der Waals surface area (Å²) in [5.74, 6) is 0.388. The van der Waals surface area contributed by atoms with Crippen molar-refractivity contribution in [3.05, 3.63) is 45.5 Å². The average Bonchev–Trinajstić information content (AvgIpc) is 3.07. The van der Waals surface area contributed by atoms with E-state index in [0.29, 0.717) is 10.6 Å². The van der Waals surface area contributed by atoms with Crippen LogP contribution in [0.15, 0.2) is 28.9 Å². The Morgan fingerprint density at radius 1 is 1.55 bits per heavy atom. The summed E-state index contributed by atoms with van der Waals surface area (Å²) in [4.78, 5) is 14.1. The molecule has 0 spiro atoms. The van der Waals surface area contributed by atoms with Crippen molar-refractivity contribution < 1.29 is 14.3 Å². The predicted octanol–water partition coefficient (Wildman–Crippen LogP) is 3.07. The molecule has 1 atom stereocenters. The number of aryl methyl sites for hydroxylation is 2. The van der Waals surface area contributed by atoms with E-state index in [2.05, 4.69) is 12.2 Å². The van der Waals surface area contributed by atoms with Crippen molar-refractivity contribution in [3.63, 3.8) is 0 Å². The lowest BCUT2D eigenvalue weighted by atomic mass is 10.1. The largest absolute Gasteiger partial charge is 0.467 e. The van der Waals surface area contributed by atoms with Crippen molar-refractivity contribution >= 4 is 17.2 Å². The molecule has 0 fully saturated rings. The number of aliphatic hydroxyl groups excluding tert-OH is 1. The SMILES string of the molecule is CCCc1cc(C(=O)NC(CO)c2ccco2)sc1C. The number of nitrogens with one attached hydrogen (secondary N) is 1. The Kier molecular flexibility index (Phi) is 4.98. The number of carbonyl (C=O) groups excluding carboxylic acids is 1. The Morgan fingerprint density at radius 3 is 2.95 bits per heavy atom. The minimum Gasteiger partial charge on any atom is -0.467 e. The van der Waals surface area contributed by atoms with Gasteiger partial charge >= 0.3 is 0 Å². The van der Waals surface area contributed by atoms with Crippen molar-refractivity contribution in [2.24, 2.45) is 0 Å². The van der Waals surface area contributed by atoms with Gasteiger partial charge in [-0.1, -0.05) is 13.3 Å². The van der Waals surface area contributed by atoms with Crippen LogP contribution < -0.4 is 5.32 Å². The van der Waals surface area contributed by atoms with Gasteiger partial charge < -0.3 is 14.8 Å². The third-order valence-corrected chi connectivity index (χ3v) is 4.23. The van der Waals surface area contributed by atoms with Crippen LogP contribution in [0.3, 0.4) is 0 Å². The minimum absolute atomic E-state index is 0.170. The highest BCUT2D eigenvalue weighted by molar-refractivity contribution is 7.14. The van der Waals surface area contributed by atoms with Gasteiger partial charge in [-0.15, -0.1) is 11.3 Å². The van der Waals surface area contributed by atoms with Gasteiger partial charge in [0.05, 0.1) is 17.7 Å². The number of aliphatic hydroxyl groups is 1. The average molecular weight is 293 g/mol. The Morgan fingerprint density at radius 2 is 2.35 bits per heavy atom. The van der Waals surface area contributed by atoms with E-state index in [1.54, 1.807) is 12.1 Å². The first kappa shape index (κ1) is 14.8. The van der Waals surface area contributed by atoms with Crippen LogP contribution in [0.5, 0.6) is 0 Å². The van der Waals surface area contributed by atoms with Gasteiger partial charge in [0, 0.05) is 4.88 Å². The highest BCUT2D eigenvalue weighted by Crippen LogP contribution is 2.23. The van der Waals surface area contributed by atoms with Crippen LogP contribution in [0.1, 0.15) is 45.3 Å². The predicted molar refractivity (Wildman–Crippen MR) is 79.1 cm³/mol. The zero-order valence-electron chi connectivity index (χ0n) is 11.7. The molecule has 2 N–H and O–H groups in total. The molecular weight excluding hydrogens is 274 g/mol. The van der Waals surface area contributed by atoms with E-state index in [0.717, 1.165) is 12.8 Å². The van der Waals surface area contributed by atoms with E-state index in [4.69, 9.17) is 4.42 Å². The standard InChI is InChI=1S/C15H19NO3S/c1-3-5-11-8-14(20-10(11)2)15(18)16-12(9-17)13-6-4-7-19-13/h4,6-8,12,17H,3,5,9H2,1-2H3,(H,16,18). The summed E-state index contributed by atoms with van der Waals surface area (Å²) in [6, 6.07) is 4.91. The van der Waals surface area contributed by atoms with E-state index in [9.17, 15) is 9.90 Å². The monoisotopic (exact) mass is 293 g/mol. The molecule has 0 radical (unpaired) electrons. The molecule has 2 rings (SSSR count). The molecule has 2 aromatic heterocycles. The number of amides is 1. The fraction of sp³-hybridized carbons (Fsp3) is 0.400. The molecule has 20 heavy (non-hydrogen) atoms. The fourth-order valence-electron chi connectivity index (χ4n) is 2.07. The van der Waals surface area contributed by atoms with Gasteiger partial charge in [0.1, 0.15) is 11.8 Å². The van der Waals surface area contributed by atoms with Crippen LogP contribution in [0, 0.1) is 6.92 Å². The van der Waals surface area contributed by atoms with Crippen LogP contribution in [-0.2, 0) is 6.42 Å². The molecule has 0 aliphatic heterocycles. The first-order valence-corrected chi connectivity index (χ1v) is 7.51. The van der Waals surface area contributed by atoms with Gasteiger partial charge in [-0.2, -0.15) is 0 Å². The first-order valence-electron chi connectivity index (χ1n) is 6.70. The Balaban J connectivity index is 2.09. The van der Waals surface area contributed by atoms with Crippen LogP contribution in [0.2, 0.25) is 0 Å². The number of rotatable bonds is 6. The van der Waals surface area contributed by atoms with Gasteiger partial charge in [-0.05, 0) is 37.1 Å². The zero-order valence-corrected chi connectivity index (χ0v) is 12.5. The molecule has 1 unspecified atom stereocenters. The molecule has 5 heteroatoms. The second-order valence-corrected chi connectivity index (χ2v) is 5.92. The van der Waals surface area contributed by atoms with Crippen LogP contribution in [0.4, 0.5) is 0 Å². The summed E-state index contributed by atoms with van der Waals surface area (Å²) in [6.07, 6.45) is 3.57. The molecule has 0 bridgehead atoms. The van der Waals surface area contributed by atoms with Gasteiger partial charge in [0.2, 0.25) is 0 Å². The molecule has 4 nitrogen and oxygen atoms in total. The summed E-state index contributed by atoms with van der Waals surface area (Å²) in [6.45, 7) is 3.96. The molecule has 2 heterocycles. The third-order valence-electron chi connectivity index (χ3n) is 3.14. The van der Waals surface area contributed by atoms with Gasteiger partial charge in [-0.3, -0.25) is 4.79 Å². The Bertz CT molecular complexity index is 560. The van der Waals surface area contributed by atoms with Crippen molar-refractivity contribution in [2.45, 2.75) is 32.7 Å². The zero-order chi connectivity index (χ0) is 14.5. The van der Waals surface area contributed by atoms with Gasteiger partial charge in [0.15, 0.2) is 0 Å². The number of thiophene rings is 1. The maximum atomic E-state index is 12.2. The van der Waals surface area contributed by atoms with E-state index in [1.165, 1.54) is 28.0 Å². The lowest BCUT2D eigenvalue weighted by molar-refractivity contribution is 0.0911. The van der Waals surface area contributed by atoms with Crippen molar-refractivity contribution in [1.82, 2.24) is 5.32 Å². The minimum atomic E-state index is -0.505. The van der Waals surface area contributed by atoms with Gasteiger partial charge in [0.25, 0.3) is 5.91 Å². The molecule has 2 aromatic rings. The summed E-state index contributed by atoms with van der Waals surface area (Å²) < 4.78 is 5.22. The normalized spacial score (nSPS) is 12.3. The number of furan rings is 1. The molecule has 108 valence electrons. The van der Waals surface area contributed by atoms with Crippen LogP contribution in [-0.4, -0.2) is 17.6 Å². The van der Waals surface area contributed by atoms with Gasteiger partial charge in [-0.25, -0.2) is 0 Å². The summed E-state index contributed by atoms with van der Waals surface area (Å²) >= 11 is 1.49. The van der Waals surface area contributed by atoms with Crippen molar-refractivity contribution in [2.75, 3.05) is 6.61 Å². The molecule has 0 aliphatic carbocycles. The smallest absolute Gasteiger partial charge is 0.262 e. The second-order valence-electron chi connectivity index (χ2n) is 4.67. The highest BCUT2D eigenvalue weighted by Gasteiger charge is 2.19. The first-order chi connectivity index (χ1) is 9.65. The maximum absolute atomic E-state index is 12.2. The lowest BCUT2D eigenvalue weighted by Gasteiger charge is -2.12. The summed E-state index contributed by atoms with van der Waals surface area (Å²) in [7, 11) is 0. The lowest BCUT2D eigenvalue weighted by Crippen LogP contribution is -2.29. The quantitative estimate of drug-likeness (QED) is 0.860. The second kappa shape index (κ2) is 6.72. The summed E-state index contributed by atoms with van der Waals surface area (Å²) in [5, 5.41) is 12.2. The Hall–Kier alpha value is -1.59. The fourth-order valence-corrected chi connectivity index (χ4v) is 3.05. The molecular formula is C15H19NO3S. The number of carbonyl (C=O) groups is 1. The van der Waals surface area contributed by atoms with Crippen LogP contribution in [0.25, 0.3) is 0 Å². The number of hydrogen-bond donors (Lipinski definition) is 2. The van der Waals surface area contributed by atoms with Crippen molar-refractivity contribution in [3.8, 4) is 0 Å². The van der Waals surface area contributed by atoms with Crippen LogP contribution >= 0.6 is 11.3 Å². The highest BCUT2D eigenvalue weighted by atomic mass is 32.1. The maximum Gasteiger partial charge on any atom is 0.262 e. The van der Waals surface area contributed by atoms with E-state index in [-0.39, 0.29) is 12.5 Å².